The van der Waals surface area contributed by atoms with Gasteiger partial charge in [-0.15, -0.1) is 0 Å². The van der Waals surface area contributed by atoms with Gasteiger partial charge in [-0.1, -0.05) is 20.8 Å². The Kier molecular flexibility index (Phi) is 5.85. The molecule has 1 amide bonds. The summed E-state index contributed by atoms with van der Waals surface area (Å²) in [5.74, 6) is -0.153. The first kappa shape index (κ1) is 19.5. The highest BCUT2D eigenvalue weighted by atomic mass is 32.2. The Labute approximate surface area is 139 Å². The number of hydrogen-bond acceptors (Lipinski definition) is 3. The monoisotopic (exact) mass is 340 g/mol. The summed E-state index contributed by atoms with van der Waals surface area (Å²) in [5.41, 5.74) is 0.750. The molecular formula is C17H28N2O3S. The van der Waals surface area contributed by atoms with E-state index in [9.17, 15) is 13.2 Å². The smallest absolute Gasteiger partial charge is 0.251 e. The number of amides is 1. The van der Waals surface area contributed by atoms with Crippen LogP contribution < -0.4 is 10.0 Å². The van der Waals surface area contributed by atoms with Crippen LogP contribution in [0, 0.1) is 5.41 Å². The first-order valence-electron chi connectivity index (χ1n) is 7.77. The fourth-order valence-corrected chi connectivity index (χ4v) is 3.33. The van der Waals surface area contributed by atoms with Gasteiger partial charge >= 0.3 is 0 Å². The Morgan fingerprint density at radius 3 is 2.00 bits per heavy atom. The van der Waals surface area contributed by atoms with Gasteiger partial charge in [0.15, 0.2) is 0 Å². The van der Waals surface area contributed by atoms with Gasteiger partial charge in [0.2, 0.25) is 10.0 Å². The predicted octanol–water partition coefficient (Wildman–Crippen LogP) is 3.39. The van der Waals surface area contributed by atoms with Crippen LogP contribution in [-0.4, -0.2) is 25.6 Å². The quantitative estimate of drug-likeness (QED) is 0.833. The summed E-state index contributed by atoms with van der Waals surface area (Å²) in [6.07, 6.45) is 0.847. The van der Waals surface area contributed by atoms with Gasteiger partial charge < -0.3 is 5.32 Å². The molecule has 1 aromatic rings. The second-order valence-electron chi connectivity index (χ2n) is 7.66. The van der Waals surface area contributed by atoms with E-state index in [0.717, 1.165) is 6.42 Å². The van der Waals surface area contributed by atoms with Crippen molar-refractivity contribution in [2.45, 2.75) is 53.5 Å². The third kappa shape index (κ3) is 7.03. The molecule has 5 nitrogen and oxygen atoms in total. The van der Waals surface area contributed by atoms with E-state index in [2.05, 4.69) is 30.8 Å². The molecule has 0 saturated carbocycles. The standard InChI is InChI=1S/C17H28N2O3S/c1-7-23(21,22)19-14-10-8-13(9-11-14)15(20)18-17(5,6)12-16(2,3)4/h8-11,19H,7,12H2,1-6H3,(H,18,20). The topological polar surface area (TPSA) is 75.3 Å². The number of nitrogens with one attached hydrogen (secondary N) is 2. The molecule has 2 N–H and O–H groups in total. The molecule has 0 aromatic heterocycles. The maximum absolute atomic E-state index is 12.3. The highest BCUT2D eigenvalue weighted by Gasteiger charge is 2.27. The second kappa shape index (κ2) is 6.91. The van der Waals surface area contributed by atoms with Crippen molar-refractivity contribution < 1.29 is 13.2 Å². The minimum atomic E-state index is -3.31. The number of carbonyl (C=O) groups excluding carboxylic acids is 1. The van der Waals surface area contributed by atoms with Gasteiger partial charge in [-0.05, 0) is 56.9 Å². The molecule has 1 rings (SSSR count). The molecule has 0 spiro atoms. The zero-order chi connectivity index (χ0) is 17.9. The molecule has 0 atom stereocenters. The van der Waals surface area contributed by atoms with Crippen LogP contribution in [0.2, 0.25) is 0 Å². The Morgan fingerprint density at radius 1 is 1.04 bits per heavy atom. The van der Waals surface area contributed by atoms with E-state index < -0.39 is 10.0 Å². The van der Waals surface area contributed by atoms with Crippen molar-refractivity contribution >= 4 is 21.6 Å². The maximum Gasteiger partial charge on any atom is 0.251 e. The van der Waals surface area contributed by atoms with E-state index in [1.807, 2.05) is 13.8 Å². The largest absolute Gasteiger partial charge is 0.347 e. The zero-order valence-corrected chi connectivity index (χ0v) is 15.7. The maximum atomic E-state index is 12.3. The van der Waals surface area contributed by atoms with Crippen molar-refractivity contribution in [1.82, 2.24) is 5.32 Å². The van der Waals surface area contributed by atoms with Crippen LogP contribution in [0.4, 0.5) is 5.69 Å². The molecule has 0 unspecified atom stereocenters. The number of carbonyl (C=O) groups is 1. The molecular weight excluding hydrogens is 312 g/mol. The van der Waals surface area contributed by atoms with Crippen molar-refractivity contribution in [3.8, 4) is 0 Å². The lowest BCUT2D eigenvalue weighted by molar-refractivity contribution is 0.0891. The van der Waals surface area contributed by atoms with Crippen LogP contribution in [0.5, 0.6) is 0 Å². The van der Waals surface area contributed by atoms with E-state index in [0.29, 0.717) is 11.3 Å². The Bertz CT molecular complexity index is 641. The van der Waals surface area contributed by atoms with Crippen LogP contribution in [0.3, 0.4) is 0 Å². The second-order valence-corrected chi connectivity index (χ2v) is 9.67. The molecule has 0 saturated heterocycles. The van der Waals surface area contributed by atoms with Gasteiger partial charge in [-0.3, -0.25) is 9.52 Å². The van der Waals surface area contributed by atoms with Gasteiger partial charge in [0, 0.05) is 16.8 Å². The minimum absolute atomic E-state index is 0.0101. The van der Waals surface area contributed by atoms with Crippen LogP contribution >= 0.6 is 0 Å². The molecule has 6 heteroatoms. The predicted molar refractivity (Wildman–Crippen MR) is 95.1 cm³/mol. The molecule has 130 valence electrons. The number of sulfonamides is 1. The van der Waals surface area contributed by atoms with Gasteiger partial charge in [-0.25, -0.2) is 8.42 Å². The van der Waals surface area contributed by atoms with E-state index in [4.69, 9.17) is 0 Å². The van der Waals surface area contributed by atoms with Crippen LogP contribution in [-0.2, 0) is 10.0 Å². The van der Waals surface area contributed by atoms with Gasteiger partial charge in [0.1, 0.15) is 0 Å². The molecule has 0 bridgehead atoms. The van der Waals surface area contributed by atoms with Gasteiger partial charge in [0.25, 0.3) is 5.91 Å². The zero-order valence-electron chi connectivity index (χ0n) is 14.9. The number of benzene rings is 1. The molecule has 1 aromatic carbocycles. The first-order valence-corrected chi connectivity index (χ1v) is 9.42. The summed E-state index contributed by atoms with van der Waals surface area (Å²) in [5, 5.41) is 3.03. The lowest BCUT2D eigenvalue weighted by Gasteiger charge is -2.33. The Morgan fingerprint density at radius 2 is 1.57 bits per heavy atom. The summed E-state index contributed by atoms with van der Waals surface area (Å²) in [6.45, 7) is 12.0. The van der Waals surface area contributed by atoms with Crippen molar-refractivity contribution in [1.29, 1.82) is 0 Å². The third-order valence-electron chi connectivity index (χ3n) is 3.22. The highest BCUT2D eigenvalue weighted by Crippen LogP contribution is 2.27. The SMILES string of the molecule is CCS(=O)(=O)Nc1ccc(C(=O)NC(C)(C)CC(C)(C)C)cc1. The van der Waals surface area contributed by atoms with Crippen molar-refractivity contribution in [2.75, 3.05) is 10.5 Å². The van der Waals surface area contributed by atoms with Gasteiger partial charge in [0.05, 0.1) is 5.75 Å². The van der Waals surface area contributed by atoms with E-state index >= 15 is 0 Å². The molecule has 0 aliphatic heterocycles. The average molecular weight is 340 g/mol. The van der Waals surface area contributed by atoms with E-state index in [-0.39, 0.29) is 22.6 Å². The van der Waals surface area contributed by atoms with Gasteiger partial charge in [-0.2, -0.15) is 0 Å². The van der Waals surface area contributed by atoms with Crippen LogP contribution in [0.15, 0.2) is 24.3 Å². The average Bonchev–Trinajstić information content (AvgIpc) is 2.35. The molecule has 0 radical (unpaired) electrons. The number of rotatable bonds is 6. The van der Waals surface area contributed by atoms with Crippen LogP contribution in [0.1, 0.15) is 58.3 Å². The highest BCUT2D eigenvalue weighted by molar-refractivity contribution is 7.92. The number of anilines is 1. The van der Waals surface area contributed by atoms with Crippen molar-refractivity contribution in [3.05, 3.63) is 29.8 Å². The van der Waals surface area contributed by atoms with Crippen molar-refractivity contribution in [3.63, 3.8) is 0 Å². The lowest BCUT2D eigenvalue weighted by Crippen LogP contribution is -2.45. The Hall–Kier alpha value is -1.56. The third-order valence-corrected chi connectivity index (χ3v) is 4.53. The Balaban J connectivity index is 2.78. The summed E-state index contributed by atoms with van der Waals surface area (Å²) < 4.78 is 25.5. The van der Waals surface area contributed by atoms with Crippen LogP contribution in [0.25, 0.3) is 0 Å². The van der Waals surface area contributed by atoms with E-state index in [1.54, 1.807) is 31.2 Å². The summed E-state index contributed by atoms with van der Waals surface area (Å²) in [4.78, 5) is 12.3. The van der Waals surface area contributed by atoms with E-state index in [1.165, 1.54) is 0 Å². The fourth-order valence-electron chi connectivity index (χ4n) is 2.69. The summed E-state index contributed by atoms with van der Waals surface area (Å²) >= 11 is 0. The lowest BCUT2D eigenvalue weighted by atomic mass is 9.81. The molecule has 0 aliphatic rings. The molecule has 0 aliphatic carbocycles. The van der Waals surface area contributed by atoms with Crippen molar-refractivity contribution in [2.24, 2.45) is 5.41 Å². The molecule has 23 heavy (non-hydrogen) atoms. The minimum Gasteiger partial charge on any atom is -0.347 e. The normalized spacial score (nSPS) is 12.8. The summed E-state index contributed by atoms with van der Waals surface area (Å²) in [6, 6.07) is 6.43. The summed E-state index contributed by atoms with van der Waals surface area (Å²) in [7, 11) is -3.31. The molecule has 0 heterocycles. The fraction of sp³-hybridized carbons (Fsp3) is 0.588. The number of hydrogen-bond donors (Lipinski definition) is 2. The first-order chi connectivity index (χ1) is 10.3. The molecule has 0 fully saturated rings.